The summed E-state index contributed by atoms with van der Waals surface area (Å²) in [5.41, 5.74) is 1.16. The van der Waals surface area contributed by atoms with Crippen LogP contribution in [0.1, 0.15) is 19.3 Å². The summed E-state index contributed by atoms with van der Waals surface area (Å²) in [6.45, 7) is 2.24. The van der Waals surface area contributed by atoms with Gasteiger partial charge in [0.15, 0.2) is 0 Å². The van der Waals surface area contributed by atoms with E-state index in [4.69, 9.17) is 4.42 Å². The summed E-state index contributed by atoms with van der Waals surface area (Å²) in [5.74, 6) is 1.05. The number of anilines is 2. The summed E-state index contributed by atoms with van der Waals surface area (Å²) < 4.78 is 5.49. The topological polar surface area (TPSA) is 28.4 Å². The molecule has 1 fully saturated rings. The molecule has 3 heterocycles. The minimum atomic E-state index is 0.660. The zero-order chi connectivity index (χ0) is 8.67. The van der Waals surface area contributed by atoms with Crippen molar-refractivity contribution in [3.05, 3.63) is 12.3 Å². The molecule has 3 rings (SSSR count). The third kappa shape index (κ3) is 1.03. The highest BCUT2D eigenvalue weighted by Gasteiger charge is 2.30. The van der Waals surface area contributed by atoms with Gasteiger partial charge in [-0.3, -0.25) is 0 Å². The Bertz CT molecular complexity index is 308. The average molecular weight is 178 g/mol. The number of furan rings is 1. The first-order valence-corrected chi connectivity index (χ1v) is 5.03. The Morgan fingerprint density at radius 2 is 2.46 bits per heavy atom. The molecule has 0 spiro atoms. The highest BCUT2D eigenvalue weighted by molar-refractivity contribution is 5.67. The Morgan fingerprint density at radius 1 is 1.46 bits per heavy atom. The van der Waals surface area contributed by atoms with Gasteiger partial charge in [0.1, 0.15) is 0 Å². The maximum Gasteiger partial charge on any atom is 0.218 e. The van der Waals surface area contributed by atoms with Gasteiger partial charge in [-0.1, -0.05) is 0 Å². The zero-order valence-electron chi connectivity index (χ0n) is 7.62. The molecular formula is C10H14N2O. The first-order valence-electron chi connectivity index (χ1n) is 5.03. The minimum absolute atomic E-state index is 0.660. The predicted molar refractivity (Wildman–Crippen MR) is 52.2 cm³/mol. The van der Waals surface area contributed by atoms with Crippen LogP contribution < -0.4 is 10.2 Å². The number of fused-ring (bicyclic) bond motifs is 3. The Hall–Kier alpha value is -1.12. The van der Waals surface area contributed by atoms with Crippen LogP contribution in [0.2, 0.25) is 0 Å². The molecule has 3 nitrogen and oxygen atoms in total. The average Bonchev–Trinajstić information content (AvgIpc) is 2.65. The van der Waals surface area contributed by atoms with Crippen LogP contribution in [0, 0.1) is 0 Å². The van der Waals surface area contributed by atoms with Gasteiger partial charge in [-0.05, 0) is 19.3 Å². The summed E-state index contributed by atoms with van der Waals surface area (Å²) in [6.07, 6.45) is 5.73. The van der Waals surface area contributed by atoms with E-state index in [2.05, 4.69) is 10.2 Å². The summed E-state index contributed by atoms with van der Waals surface area (Å²) in [7, 11) is 0. The summed E-state index contributed by atoms with van der Waals surface area (Å²) in [6, 6.07) is 2.67. The van der Waals surface area contributed by atoms with Gasteiger partial charge in [-0.15, -0.1) is 0 Å². The maximum absolute atomic E-state index is 5.49. The molecular weight excluding hydrogens is 164 g/mol. The van der Waals surface area contributed by atoms with Gasteiger partial charge < -0.3 is 14.6 Å². The lowest BCUT2D eigenvalue weighted by molar-refractivity contribution is 0.425. The fourth-order valence-electron chi connectivity index (χ4n) is 2.37. The summed E-state index contributed by atoms with van der Waals surface area (Å²) in [5, 5.41) is 3.41. The van der Waals surface area contributed by atoms with Crippen molar-refractivity contribution in [3.8, 4) is 0 Å². The molecule has 1 atom stereocenters. The molecule has 2 aliphatic rings. The molecule has 0 saturated carbocycles. The van der Waals surface area contributed by atoms with E-state index < -0.39 is 0 Å². The van der Waals surface area contributed by atoms with Crippen LogP contribution in [-0.2, 0) is 0 Å². The van der Waals surface area contributed by atoms with Crippen LogP contribution in [0.25, 0.3) is 0 Å². The highest BCUT2D eigenvalue weighted by atomic mass is 16.3. The van der Waals surface area contributed by atoms with E-state index in [0.29, 0.717) is 6.04 Å². The van der Waals surface area contributed by atoms with E-state index in [0.717, 1.165) is 24.7 Å². The smallest absolute Gasteiger partial charge is 0.218 e. The maximum atomic E-state index is 5.49. The fraction of sp³-hybridized carbons (Fsp3) is 0.600. The SMILES string of the molecule is c1cc2c(o1)N1CCCCC1CN2. The van der Waals surface area contributed by atoms with Gasteiger partial charge in [0.25, 0.3) is 0 Å². The first kappa shape index (κ1) is 7.30. The summed E-state index contributed by atoms with van der Waals surface area (Å²) >= 11 is 0. The molecule has 70 valence electrons. The summed E-state index contributed by atoms with van der Waals surface area (Å²) in [4.78, 5) is 2.41. The molecule has 3 heteroatoms. The van der Waals surface area contributed by atoms with E-state index in [1.807, 2.05) is 6.07 Å². The Labute approximate surface area is 77.7 Å². The van der Waals surface area contributed by atoms with Gasteiger partial charge in [-0.25, -0.2) is 0 Å². The van der Waals surface area contributed by atoms with Crippen molar-refractivity contribution < 1.29 is 4.42 Å². The molecule has 1 saturated heterocycles. The van der Waals surface area contributed by atoms with Crippen molar-refractivity contribution in [2.45, 2.75) is 25.3 Å². The normalized spacial score (nSPS) is 26.2. The van der Waals surface area contributed by atoms with Crippen molar-refractivity contribution in [2.24, 2.45) is 0 Å². The van der Waals surface area contributed by atoms with Crippen LogP contribution >= 0.6 is 0 Å². The molecule has 1 unspecified atom stereocenters. The van der Waals surface area contributed by atoms with E-state index >= 15 is 0 Å². The number of hydrogen-bond acceptors (Lipinski definition) is 3. The molecule has 0 aliphatic carbocycles. The molecule has 0 amide bonds. The molecule has 1 N–H and O–H groups in total. The highest BCUT2D eigenvalue weighted by Crippen LogP contribution is 2.35. The van der Waals surface area contributed by atoms with E-state index in [1.165, 1.54) is 19.3 Å². The molecule has 0 radical (unpaired) electrons. The number of hydrogen-bond donors (Lipinski definition) is 1. The monoisotopic (exact) mass is 178 g/mol. The molecule has 1 aromatic rings. The van der Waals surface area contributed by atoms with Crippen LogP contribution in [0.3, 0.4) is 0 Å². The van der Waals surface area contributed by atoms with Crippen LogP contribution in [-0.4, -0.2) is 19.1 Å². The third-order valence-corrected chi connectivity index (χ3v) is 3.06. The predicted octanol–water partition coefficient (Wildman–Crippen LogP) is 2.06. The molecule has 1 aromatic heterocycles. The molecule has 0 bridgehead atoms. The van der Waals surface area contributed by atoms with E-state index in [-0.39, 0.29) is 0 Å². The second-order valence-electron chi connectivity index (χ2n) is 3.86. The second kappa shape index (κ2) is 2.69. The minimum Gasteiger partial charge on any atom is -0.447 e. The lowest BCUT2D eigenvalue weighted by atomic mass is 10.0. The van der Waals surface area contributed by atoms with Gasteiger partial charge >= 0.3 is 0 Å². The molecule has 2 aliphatic heterocycles. The number of piperidine rings is 1. The second-order valence-corrected chi connectivity index (χ2v) is 3.86. The van der Waals surface area contributed by atoms with E-state index in [1.54, 1.807) is 6.26 Å². The fourth-order valence-corrected chi connectivity index (χ4v) is 2.37. The standard InChI is InChI=1S/C10H14N2O/c1-2-5-12-8(3-1)7-11-9-4-6-13-10(9)12/h4,6,8,11H,1-3,5,7H2. The Morgan fingerprint density at radius 3 is 3.46 bits per heavy atom. The first-order chi connectivity index (χ1) is 6.45. The number of rotatable bonds is 0. The van der Waals surface area contributed by atoms with Gasteiger partial charge in [-0.2, -0.15) is 0 Å². The quantitative estimate of drug-likeness (QED) is 0.659. The van der Waals surface area contributed by atoms with Crippen molar-refractivity contribution in [1.82, 2.24) is 0 Å². The molecule has 0 aromatic carbocycles. The lowest BCUT2D eigenvalue weighted by Gasteiger charge is -2.39. The van der Waals surface area contributed by atoms with E-state index in [9.17, 15) is 0 Å². The van der Waals surface area contributed by atoms with Crippen molar-refractivity contribution in [2.75, 3.05) is 23.3 Å². The van der Waals surface area contributed by atoms with Gasteiger partial charge in [0.2, 0.25) is 5.88 Å². The van der Waals surface area contributed by atoms with Gasteiger partial charge in [0, 0.05) is 25.2 Å². The Balaban J connectivity index is 1.97. The number of nitrogens with zero attached hydrogens (tertiary/aromatic N) is 1. The zero-order valence-corrected chi connectivity index (χ0v) is 7.62. The van der Waals surface area contributed by atoms with Crippen LogP contribution in [0.5, 0.6) is 0 Å². The Kier molecular flexibility index (Phi) is 1.51. The van der Waals surface area contributed by atoms with Crippen molar-refractivity contribution in [3.63, 3.8) is 0 Å². The molecule has 13 heavy (non-hydrogen) atoms. The number of nitrogens with one attached hydrogen (secondary N) is 1. The van der Waals surface area contributed by atoms with Crippen LogP contribution in [0.15, 0.2) is 16.7 Å². The van der Waals surface area contributed by atoms with Crippen LogP contribution in [0.4, 0.5) is 11.6 Å². The van der Waals surface area contributed by atoms with Crippen molar-refractivity contribution in [1.29, 1.82) is 0 Å². The third-order valence-electron chi connectivity index (χ3n) is 3.06. The van der Waals surface area contributed by atoms with Gasteiger partial charge in [0.05, 0.1) is 12.0 Å². The van der Waals surface area contributed by atoms with Crippen molar-refractivity contribution >= 4 is 11.6 Å². The largest absolute Gasteiger partial charge is 0.447 e. The lowest BCUT2D eigenvalue weighted by Crippen LogP contribution is -2.46.